The molecule has 22 heavy (non-hydrogen) atoms. The largest absolute Gasteiger partial charge is 0.480 e. The Balaban J connectivity index is 3.52. The van der Waals surface area contributed by atoms with Crippen molar-refractivity contribution in [3.8, 4) is 0 Å². The fraction of sp³-hybridized carbons (Fsp3) is 0.812. The van der Waals surface area contributed by atoms with Gasteiger partial charge in [0.25, 0.3) is 0 Å². The first kappa shape index (κ1) is 20.6. The van der Waals surface area contributed by atoms with Gasteiger partial charge in [-0.3, -0.25) is 19.7 Å². The van der Waals surface area contributed by atoms with Crippen molar-refractivity contribution < 1.29 is 19.5 Å². The molecule has 0 saturated carbocycles. The Morgan fingerprint density at radius 2 is 1.41 bits per heavy atom. The molecule has 0 bridgehead atoms. The maximum absolute atomic E-state index is 11.5. The van der Waals surface area contributed by atoms with Crippen molar-refractivity contribution in [3.63, 3.8) is 0 Å². The standard InChI is InChI=1S/C16H30N2O4/c1-2-3-4-5-6-7-8-9-10-14(19)18-15(20)12-11-13(17)16(21)22/h13H,2-12,17H2,1H3,(H,21,22)(H,18,19,20). The van der Waals surface area contributed by atoms with Crippen molar-refractivity contribution in [2.45, 2.75) is 83.6 Å². The second kappa shape index (κ2) is 13.2. The summed E-state index contributed by atoms with van der Waals surface area (Å²) in [5.74, 6) is -1.89. The van der Waals surface area contributed by atoms with Crippen molar-refractivity contribution in [2.24, 2.45) is 5.73 Å². The van der Waals surface area contributed by atoms with Crippen LogP contribution in [0.3, 0.4) is 0 Å². The molecule has 0 saturated heterocycles. The van der Waals surface area contributed by atoms with Crippen LogP contribution >= 0.6 is 0 Å². The number of carboxylic acids is 1. The fourth-order valence-electron chi connectivity index (χ4n) is 2.11. The van der Waals surface area contributed by atoms with Crippen LogP contribution in [0.4, 0.5) is 0 Å². The van der Waals surface area contributed by atoms with Crippen LogP contribution in [-0.2, 0) is 14.4 Å². The zero-order chi connectivity index (χ0) is 16.8. The molecule has 2 amide bonds. The molecule has 128 valence electrons. The van der Waals surface area contributed by atoms with E-state index in [1.165, 1.54) is 32.1 Å². The van der Waals surface area contributed by atoms with E-state index < -0.39 is 17.9 Å². The molecule has 0 rings (SSSR count). The minimum atomic E-state index is -1.14. The maximum atomic E-state index is 11.5. The third-order valence-corrected chi connectivity index (χ3v) is 3.54. The van der Waals surface area contributed by atoms with Crippen molar-refractivity contribution in [1.82, 2.24) is 5.32 Å². The molecule has 0 radical (unpaired) electrons. The Bertz CT molecular complexity index is 345. The lowest BCUT2D eigenvalue weighted by atomic mass is 10.1. The monoisotopic (exact) mass is 314 g/mol. The first-order chi connectivity index (χ1) is 10.5. The highest BCUT2D eigenvalue weighted by molar-refractivity contribution is 5.95. The number of nitrogens with two attached hydrogens (primary N) is 1. The molecule has 4 N–H and O–H groups in total. The number of amides is 2. The predicted molar refractivity (Wildman–Crippen MR) is 85.2 cm³/mol. The number of hydrogen-bond donors (Lipinski definition) is 3. The zero-order valence-corrected chi connectivity index (χ0v) is 13.6. The van der Waals surface area contributed by atoms with E-state index in [1.54, 1.807) is 0 Å². The van der Waals surface area contributed by atoms with Gasteiger partial charge in [0.15, 0.2) is 0 Å². The minimum Gasteiger partial charge on any atom is -0.480 e. The summed E-state index contributed by atoms with van der Waals surface area (Å²) in [6.45, 7) is 2.19. The molecule has 6 heteroatoms. The average molecular weight is 314 g/mol. The lowest BCUT2D eigenvalue weighted by Crippen LogP contribution is -2.34. The molecule has 6 nitrogen and oxygen atoms in total. The number of nitrogens with one attached hydrogen (secondary N) is 1. The van der Waals surface area contributed by atoms with Crippen LogP contribution in [0.15, 0.2) is 0 Å². The van der Waals surface area contributed by atoms with Gasteiger partial charge < -0.3 is 10.8 Å². The van der Waals surface area contributed by atoms with Crippen LogP contribution < -0.4 is 11.1 Å². The molecule has 0 aromatic rings. The highest BCUT2D eigenvalue weighted by atomic mass is 16.4. The Morgan fingerprint density at radius 3 is 1.95 bits per heavy atom. The molecule has 0 aliphatic carbocycles. The van der Waals surface area contributed by atoms with E-state index in [4.69, 9.17) is 10.8 Å². The van der Waals surface area contributed by atoms with Gasteiger partial charge in [-0.05, 0) is 12.8 Å². The Labute approximate surface area is 132 Å². The Hall–Kier alpha value is -1.43. The molecule has 1 atom stereocenters. The molecule has 0 aromatic carbocycles. The van der Waals surface area contributed by atoms with Crippen LogP contribution in [0, 0.1) is 0 Å². The van der Waals surface area contributed by atoms with Gasteiger partial charge in [-0.15, -0.1) is 0 Å². The lowest BCUT2D eigenvalue weighted by molar-refractivity contribution is -0.138. The number of rotatable bonds is 13. The SMILES string of the molecule is CCCCCCCCCCC(=O)NC(=O)CCC(N)C(=O)O. The van der Waals surface area contributed by atoms with Gasteiger partial charge in [-0.2, -0.15) is 0 Å². The van der Waals surface area contributed by atoms with Crippen molar-refractivity contribution in [1.29, 1.82) is 0 Å². The molecular formula is C16H30N2O4. The van der Waals surface area contributed by atoms with E-state index in [0.29, 0.717) is 6.42 Å². The number of imide groups is 1. The highest BCUT2D eigenvalue weighted by Gasteiger charge is 2.14. The van der Waals surface area contributed by atoms with Gasteiger partial charge in [0.05, 0.1) is 0 Å². The maximum Gasteiger partial charge on any atom is 0.320 e. The van der Waals surface area contributed by atoms with Crippen LogP contribution in [-0.4, -0.2) is 28.9 Å². The predicted octanol–water partition coefficient (Wildman–Crippen LogP) is 2.35. The second-order valence-corrected chi connectivity index (χ2v) is 5.68. The van der Waals surface area contributed by atoms with Gasteiger partial charge in [0.1, 0.15) is 6.04 Å². The summed E-state index contributed by atoms with van der Waals surface area (Å²) < 4.78 is 0. The third-order valence-electron chi connectivity index (χ3n) is 3.54. The fourth-order valence-corrected chi connectivity index (χ4v) is 2.11. The smallest absolute Gasteiger partial charge is 0.320 e. The highest BCUT2D eigenvalue weighted by Crippen LogP contribution is 2.09. The van der Waals surface area contributed by atoms with Crippen molar-refractivity contribution in [3.05, 3.63) is 0 Å². The summed E-state index contributed by atoms with van der Waals surface area (Å²) in [5, 5.41) is 10.9. The van der Waals surface area contributed by atoms with Crippen LogP contribution in [0.2, 0.25) is 0 Å². The molecule has 0 fully saturated rings. The number of hydrogen-bond acceptors (Lipinski definition) is 4. The van der Waals surface area contributed by atoms with E-state index in [2.05, 4.69) is 12.2 Å². The quantitative estimate of drug-likeness (QED) is 0.452. The summed E-state index contributed by atoms with van der Waals surface area (Å²) in [6.07, 6.45) is 9.49. The summed E-state index contributed by atoms with van der Waals surface area (Å²) in [7, 11) is 0. The summed E-state index contributed by atoms with van der Waals surface area (Å²) in [6, 6.07) is -1.06. The summed E-state index contributed by atoms with van der Waals surface area (Å²) >= 11 is 0. The van der Waals surface area contributed by atoms with Gasteiger partial charge in [0, 0.05) is 12.8 Å². The van der Waals surface area contributed by atoms with Gasteiger partial charge in [-0.1, -0.05) is 51.9 Å². The van der Waals surface area contributed by atoms with Crippen LogP contribution in [0.25, 0.3) is 0 Å². The molecule has 0 aliphatic heterocycles. The van der Waals surface area contributed by atoms with E-state index in [1.807, 2.05) is 0 Å². The third kappa shape index (κ3) is 12.3. The van der Waals surface area contributed by atoms with E-state index >= 15 is 0 Å². The molecule has 0 heterocycles. The number of carboxylic acid groups (broad SMARTS) is 1. The van der Waals surface area contributed by atoms with Gasteiger partial charge >= 0.3 is 5.97 Å². The number of carbonyl (C=O) groups is 3. The van der Waals surface area contributed by atoms with Crippen LogP contribution in [0.5, 0.6) is 0 Å². The number of aliphatic carboxylic acids is 1. The minimum absolute atomic E-state index is 0.0339. The van der Waals surface area contributed by atoms with Gasteiger partial charge in [-0.25, -0.2) is 0 Å². The average Bonchev–Trinajstić information content (AvgIpc) is 2.47. The zero-order valence-electron chi connectivity index (χ0n) is 13.6. The van der Waals surface area contributed by atoms with Crippen molar-refractivity contribution in [2.75, 3.05) is 0 Å². The molecule has 0 spiro atoms. The van der Waals surface area contributed by atoms with E-state index in [-0.39, 0.29) is 18.7 Å². The summed E-state index contributed by atoms with van der Waals surface area (Å²) in [4.78, 5) is 33.5. The lowest BCUT2D eigenvalue weighted by Gasteiger charge is -2.06. The number of unbranched alkanes of at least 4 members (excludes halogenated alkanes) is 7. The molecule has 0 aromatic heterocycles. The molecular weight excluding hydrogens is 284 g/mol. The van der Waals surface area contributed by atoms with Gasteiger partial charge in [0.2, 0.25) is 11.8 Å². The first-order valence-electron chi connectivity index (χ1n) is 8.28. The van der Waals surface area contributed by atoms with E-state index in [0.717, 1.165) is 19.3 Å². The normalized spacial score (nSPS) is 11.9. The Kier molecular flexibility index (Phi) is 12.4. The molecule has 1 unspecified atom stereocenters. The molecule has 0 aliphatic rings. The topological polar surface area (TPSA) is 109 Å². The second-order valence-electron chi connectivity index (χ2n) is 5.68. The Morgan fingerprint density at radius 1 is 0.909 bits per heavy atom. The van der Waals surface area contributed by atoms with Crippen molar-refractivity contribution >= 4 is 17.8 Å². The summed E-state index contributed by atoms with van der Waals surface area (Å²) in [5.41, 5.74) is 5.29. The first-order valence-corrected chi connectivity index (χ1v) is 8.28. The number of carbonyl (C=O) groups excluding carboxylic acids is 2. The van der Waals surface area contributed by atoms with E-state index in [9.17, 15) is 14.4 Å². The van der Waals surface area contributed by atoms with Crippen LogP contribution in [0.1, 0.15) is 77.6 Å².